The number of aromatic nitrogens is 4. The van der Waals surface area contributed by atoms with Gasteiger partial charge >= 0.3 is 0 Å². The number of hydrogen-bond acceptors (Lipinski definition) is 2. The maximum absolute atomic E-state index is 8.15. The smallest absolute Gasteiger partial charge is 0.0659 e. The summed E-state index contributed by atoms with van der Waals surface area (Å²) in [5.74, 6) is 0. The van der Waals surface area contributed by atoms with Crippen LogP contribution < -0.4 is 0 Å². The van der Waals surface area contributed by atoms with Crippen molar-refractivity contribution < 1.29 is 38.2 Å². The number of nitrogens with one attached hydrogen (secondary N) is 2. The molecule has 8 bridgehead atoms. The molecule has 3 aromatic heterocycles. The maximum Gasteiger partial charge on any atom is 0.0659 e. The maximum atomic E-state index is 8.15. The number of nitrogens with zero attached hydrogens (tertiary/aromatic N) is 2. The fraction of sp³-hybridized carbons (Fsp3) is 0. The van der Waals surface area contributed by atoms with Crippen LogP contribution in [0.1, 0.15) is 24.1 Å². The number of aromatic amines is 2. The van der Waals surface area contributed by atoms with Gasteiger partial charge in [-0.1, -0.05) is 0 Å². The van der Waals surface area contributed by atoms with E-state index in [0.717, 1.165) is 44.8 Å². The van der Waals surface area contributed by atoms with E-state index in [0.29, 0.717) is 6.04 Å². The Bertz CT molecular complexity index is 1220. The van der Waals surface area contributed by atoms with Crippen LogP contribution in [0.4, 0.5) is 0 Å². The molecule has 2 aliphatic heterocycles. The molecule has 3 aromatic rings. The van der Waals surface area contributed by atoms with Crippen LogP contribution in [-0.4, -0.2) is 19.9 Å². The minimum absolute atomic E-state index is 0. The molecule has 25 heavy (non-hydrogen) atoms. The SMILES string of the molecule is [2H]c1cc2cc3nc(cc4nc(cc5ccc(cc1[nH]2)[nH]5)C=C4)C=C3.[Lu]. The van der Waals surface area contributed by atoms with Crippen molar-refractivity contribution in [2.24, 2.45) is 0 Å². The van der Waals surface area contributed by atoms with E-state index in [2.05, 4.69) is 19.9 Å². The summed E-state index contributed by atoms with van der Waals surface area (Å²) >= 11 is 0. The van der Waals surface area contributed by atoms with Crippen LogP contribution in [0.2, 0.25) is 0 Å². The first kappa shape index (κ1) is 15.1. The molecule has 1 radical (unpaired) electrons. The van der Waals surface area contributed by atoms with E-state index in [-0.39, 0.29) is 36.9 Å². The molecule has 0 unspecified atom stereocenters. The molecule has 2 N–H and O–H groups in total. The zero-order valence-electron chi connectivity index (χ0n) is 14.0. The molecule has 129 valence electrons. The molecule has 5 heteroatoms. The Kier molecular flexibility index (Phi) is 4.00. The standard InChI is InChI=1S/C20H14N4.Lu/c1-2-14-10-16-5-6-18(23-16)12-20-8-7-19(24-20)11-17-4-3-15(22-17)9-13(1)21-14;/h1-12,21-22H;/i1D;. The molecule has 0 amide bonds. The zero-order chi connectivity index (χ0) is 16.8. The van der Waals surface area contributed by atoms with Gasteiger partial charge in [-0.3, -0.25) is 0 Å². The largest absolute Gasteiger partial charge is 0.355 e. The molecule has 5 heterocycles. The molecular formula is C20H14LuN4. The van der Waals surface area contributed by atoms with E-state index < -0.39 is 0 Å². The van der Waals surface area contributed by atoms with Crippen molar-refractivity contribution in [2.75, 3.05) is 0 Å². The number of fused-ring (bicyclic) bond motifs is 8. The Morgan fingerprint density at radius 2 is 1.08 bits per heavy atom. The molecule has 0 fully saturated rings. The first-order chi connectivity index (χ1) is 12.2. The van der Waals surface area contributed by atoms with Crippen molar-refractivity contribution in [1.29, 1.82) is 0 Å². The first-order valence-corrected chi connectivity index (χ1v) is 7.76. The molecular weight excluding hydrogens is 471 g/mol. The second-order valence-corrected chi connectivity index (χ2v) is 5.82. The van der Waals surface area contributed by atoms with Gasteiger partial charge in [-0.15, -0.1) is 0 Å². The summed E-state index contributed by atoms with van der Waals surface area (Å²) < 4.78 is 8.15. The number of hydrogen-bond donors (Lipinski definition) is 2. The van der Waals surface area contributed by atoms with Gasteiger partial charge in [0.1, 0.15) is 0 Å². The van der Waals surface area contributed by atoms with Gasteiger partial charge in [0, 0.05) is 58.9 Å². The molecule has 0 spiro atoms. The first-order valence-electron chi connectivity index (χ1n) is 8.26. The van der Waals surface area contributed by atoms with Crippen LogP contribution in [0.15, 0.2) is 48.5 Å². The molecule has 4 nitrogen and oxygen atoms in total. The van der Waals surface area contributed by atoms with Gasteiger partial charge in [0.2, 0.25) is 0 Å². The molecule has 2 aliphatic rings. The summed E-state index contributed by atoms with van der Waals surface area (Å²) in [7, 11) is 0. The summed E-state index contributed by atoms with van der Waals surface area (Å²) in [6.45, 7) is 0. The van der Waals surface area contributed by atoms with E-state index in [1.165, 1.54) is 0 Å². The Labute approximate surface area is 175 Å². The van der Waals surface area contributed by atoms with Gasteiger partial charge in [0.05, 0.1) is 24.1 Å². The van der Waals surface area contributed by atoms with E-state index in [9.17, 15) is 0 Å². The van der Waals surface area contributed by atoms with Crippen LogP contribution in [0.5, 0.6) is 0 Å². The number of H-pyrrole nitrogens is 2. The van der Waals surface area contributed by atoms with Crippen LogP contribution in [0.25, 0.3) is 46.4 Å². The zero-order valence-corrected chi connectivity index (χ0v) is 14.7. The van der Waals surface area contributed by atoms with Crippen molar-refractivity contribution >= 4 is 46.4 Å². The van der Waals surface area contributed by atoms with Gasteiger partial charge in [-0.25, -0.2) is 9.97 Å². The third-order valence-corrected chi connectivity index (χ3v) is 3.96. The fourth-order valence-electron chi connectivity index (χ4n) is 2.87. The van der Waals surface area contributed by atoms with E-state index in [4.69, 9.17) is 1.37 Å². The van der Waals surface area contributed by atoms with Crippen LogP contribution in [-0.2, 0) is 0 Å². The molecule has 5 rings (SSSR count). The average molecular weight is 486 g/mol. The van der Waals surface area contributed by atoms with Gasteiger partial charge in [-0.2, -0.15) is 0 Å². The monoisotopic (exact) mass is 486 g/mol. The number of rotatable bonds is 0. The second-order valence-electron chi connectivity index (χ2n) is 5.82. The Hall–Kier alpha value is -2.17. The molecule has 0 saturated carbocycles. The predicted octanol–water partition coefficient (Wildman–Crippen LogP) is 4.66. The van der Waals surface area contributed by atoms with E-state index in [1.807, 2.05) is 66.8 Å². The Balaban J connectivity index is 0.00000168. The van der Waals surface area contributed by atoms with Crippen molar-refractivity contribution in [2.45, 2.75) is 0 Å². The fourth-order valence-corrected chi connectivity index (χ4v) is 2.87. The molecule has 0 aromatic carbocycles. The second kappa shape index (κ2) is 6.62. The van der Waals surface area contributed by atoms with E-state index >= 15 is 0 Å². The van der Waals surface area contributed by atoms with Crippen LogP contribution in [0.3, 0.4) is 0 Å². The molecule has 0 saturated heterocycles. The Morgan fingerprint density at radius 1 is 0.600 bits per heavy atom. The molecule has 0 aliphatic carbocycles. The summed E-state index contributed by atoms with van der Waals surface area (Å²) in [6.07, 6.45) is 7.91. The minimum atomic E-state index is 0. The minimum Gasteiger partial charge on any atom is -0.355 e. The van der Waals surface area contributed by atoms with Gasteiger partial charge in [0.25, 0.3) is 0 Å². The average Bonchev–Trinajstić information content (AvgIpc) is 3.33. The topological polar surface area (TPSA) is 57.4 Å². The summed E-state index contributed by atoms with van der Waals surface area (Å²) in [5, 5.41) is 0. The summed E-state index contributed by atoms with van der Waals surface area (Å²) in [5.41, 5.74) is 7.04. The third kappa shape index (κ3) is 3.46. The van der Waals surface area contributed by atoms with Gasteiger partial charge in [-0.05, 0) is 72.8 Å². The predicted molar refractivity (Wildman–Crippen MR) is 98.9 cm³/mol. The van der Waals surface area contributed by atoms with Gasteiger partial charge < -0.3 is 9.97 Å². The summed E-state index contributed by atoms with van der Waals surface area (Å²) in [6, 6.07) is 14.1. The van der Waals surface area contributed by atoms with Crippen LogP contribution >= 0.6 is 0 Å². The Morgan fingerprint density at radius 3 is 1.72 bits per heavy atom. The summed E-state index contributed by atoms with van der Waals surface area (Å²) in [4.78, 5) is 15.8. The van der Waals surface area contributed by atoms with Crippen molar-refractivity contribution in [3.8, 4) is 0 Å². The third-order valence-electron chi connectivity index (χ3n) is 3.96. The quantitative estimate of drug-likeness (QED) is 0.335. The van der Waals surface area contributed by atoms with Crippen LogP contribution in [0, 0.1) is 36.9 Å². The van der Waals surface area contributed by atoms with Crippen molar-refractivity contribution in [3.05, 3.63) is 71.3 Å². The van der Waals surface area contributed by atoms with Crippen molar-refractivity contribution in [3.63, 3.8) is 0 Å². The van der Waals surface area contributed by atoms with Crippen molar-refractivity contribution in [1.82, 2.24) is 19.9 Å². The molecule has 0 atom stereocenters. The normalized spacial score (nSPS) is 12.7. The van der Waals surface area contributed by atoms with E-state index in [1.54, 1.807) is 0 Å². The van der Waals surface area contributed by atoms with Gasteiger partial charge in [0.15, 0.2) is 0 Å².